The van der Waals surface area contributed by atoms with Gasteiger partial charge >= 0.3 is 12.2 Å². The molecule has 0 aliphatic carbocycles. The number of hydrogen-bond acceptors (Lipinski definition) is 5. The minimum atomic E-state index is -3.97. The van der Waals surface area contributed by atoms with Gasteiger partial charge in [0.15, 0.2) is 0 Å². The predicted molar refractivity (Wildman–Crippen MR) is 98.1 cm³/mol. The molecule has 6 nitrogen and oxygen atoms in total. The Balaban J connectivity index is 0.000000314. The molecule has 0 saturated carbocycles. The van der Waals surface area contributed by atoms with E-state index in [0.29, 0.717) is 16.7 Å². The first-order valence-corrected chi connectivity index (χ1v) is 8.45. The number of pyridine rings is 1. The molecule has 2 heterocycles. The van der Waals surface area contributed by atoms with E-state index in [2.05, 4.69) is 15.0 Å². The van der Waals surface area contributed by atoms with Gasteiger partial charge < -0.3 is 10.1 Å². The highest BCUT2D eigenvalue weighted by molar-refractivity contribution is 5.76. The number of ether oxygens (including phenoxy) is 1. The Hall–Kier alpha value is -2.71. The van der Waals surface area contributed by atoms with Crippen molar-refractivity contribution in [1.29, 1.82) is 5.41 Å². The van der Waals surface area contributed by atoms with Crippen LogP contribution in [-0.2, 0) is 0 Å². The Bertz CT molecular complexity index is 831. The quantitative estimate of drug-likeness (QED) is 0.561. The number of alkyl halides is 3. The van der Waals surface area contributed by atoms with Gasteiger partial charge in [0.1, 0.15) is 5.76 Å². The third kappa shape index (κ3) is 8.02. The summed E-state index contributed by atoms with van der Waals surface area (Å²) in [4.78, 5) is 22.1. The highest BCUT2D eigenvalue weighted by Gasteiger charge is 2.26. The van der Waals surface area contributed by atoms with Crippen molar-refractivity contribution in [1.82, 2.24) is 15.0 Å². The normalized spacial score (nSPS) is 12.9. The third-order valence-electron chi connectivity index (χ3n) is 3.75. The molecule has 2 aromatic heterocycles. The van der Waals surface area contributed by atoms with Gasteiger partial charge in [-0.15, -0.1) is 0 Å². The summed E-state index contributed by atoms with van der Waals surface area (Å²) in [5, 5.41) is 7.52. The fraction of sp³-hybridized carbons (Fsp3) is 0.444. The number of halogens is 3. The van der Waals surface area contributed by atoms with Crippen molar-refractivity contribution in [2.45, 2.75) is 46.2 Å². The Morgan fingerprint density at radius 3 is 2.70 bits per heavy atom. The number of rotatable bonds is 6. The van der Waals surface area contributed by atoms with E-state index >= 15 is 0 Å². The Morgan fingerprint density at radius 1 is 1.44 bits per heavy atom. The van der Waals surface area contributed by atoms with Crippen molar-refractivity contribution in [2.75, 3.05) is 0 Å². The molecule has 148 valence electrons. The van der Waals surface area contributed by atoms with Crippen molar-refractivity contribution in [3.63, 3.8) is 0 Å². The molecule has 0 bridgehead atoms. The standard InChI is InChI=1S/C11H10N4O2.C7H13F3/c1-2-7(5-12)17-11-14-9-6-13-4-3-8(9)10(16)15-11;1-3-6(2)4-5-7(8,9)10/h2-6,12H,1H3,(H,14,15,16);6H,3-5H2,1-2H3/b7-2+,12-5?;. The summed E-state index contributed by atoms with van der Waals surface area (Å²) < 4.78 is 39.9. The number of nitrogens with zero attached hydrogens (tertiary/aromatic N) is 2. The van der Waals surface area contributed by atoms with E-state index in [9.17, 15) is 18.0 Å². The molecule has 9 heteroatoms. The highest BCUT2D eigenvalue weighted by atomic mass is 19.4. The number of aromatic amines is 1. The molecule has 0 amide bonds. The predicted octanol–water partition coefficient (Wildman–Crippen LogP) is 4.63. The fourth-order valence-electron chi connectivity index (χ4n) is 1.91. The number of hydrogen-bond donors (Lipinski definition) is 2. The SMILES string of the molecule is C/C=C(\C=N)Oc1nc2cnccc2c(=O)[nH]1.CCC(C)CCC(F)(F)F. The van der Waals surface area contributed by atoms with Crippen LogP contribution >= 0.6 is 0 Å². The number of allylic oxidation sites excluding steroid dienone is 2. The molecule has 0 radical (unpaired) electrons. The molecule has 0 aliphatic rings. The van der Waals surface area contributed by atoms with Crippen LogP contribution in [0.4, 0.5) is 13.2 Å². The topological polar surface area (TPSA) is 91.7 Å². The van der Waals surface area contributed by atoms with E-state index in [1.807, 2.05) is 13.8 Å². The third-order valence-corrected chi connectivity index (χ3v) is 3.75. The van der Waals surface area contributed by atoms with Gasteiger partial charge in [-0.25, -0.2) is 0 Å². The number of aromatic nitrogens is 3. The fourth-order valence-corrected chi connectivity index (χ4v) is 1.91. The van der Waals surface area contributed by atoms with Gasteiger partial charge in [-0.3, -0.25) is 14.8 Å². The van der Waals surface area contributed by atoms with Gasteiger partial charge in [0.05, 0.1) is 23.3 Å². The summed E-state index contributed by atoms with van der Waals surface area (Å²) >= 11 is 0. The van der Waals surface area contributed by atoms with Crippen molar-refractivity contribution in [3.8, 4) is 6.01 Å². The van der Waals surface area contributed by atoms with E-state index in [-0.39, 0.29) is 23.9 Å². The first-order valence-electron chi connectivity index (χ1n) is 8.45. The summed E-state index contributed by atoms with van der Waals surface area (Å²) in [5.74, 6) is 0.498. The van der Waals surface area contributed by atoms with Crippen LogP contribution in [-0.4, -0.2) is 27.3 Å². The van der Waals surface area contributed by atoms with E-state index in [4.69, 9.17) is 10.1 Å². The molecule has 2 rings (SSSR count). The largest absolute Gasteiger partial charge is 0.424 e. The van der Waals surface area contributed by atoms with Crippen molar-refractivity contribution >= 4 is 17.1 Å². The maximum Gasteiger partial charge on any atom is 0.389 e. The van der Waals surface area contributed by atoms with Crippen molar-refractivity contribution in [2.24, 2.45) is 5.92 Å². The first kappa shape index (κ1) is 22.3. The lowest BCUT2D eigenvalue weighted by Gasteiger charge is -2.09. The highest BCUT2D eigenvalue weighted by Crippen LogP contribution is 2.24. The monoisotopic (exact) mass is 384 g/mol. The maximum absolute atomic E-state index is 11.7. The molecule has 1 atom stereocenters. The van der Waals surface area contributed by atoms with Crippen LogP contribution in [0.15, 0.2) is 35.1 Å². The molecule has 2 N–H and O–H groups in total. The minimum absolute atomic E-state index is 0.0482. The molecular formula is C18H23F3N4O2. The van der Waals surface area contributed by atoms with Crippen LogP contribution in [0.5, 0.6) is 6.01 Å². The van der Waals surface area contributed by atoms with Crippen LogP contribution in [0.2, 0.25) is 0 Å². The lowest BCUT2D eigenvalue weighted by Crippen LogP contribution is -2.11. The van der Waals surface area contributed by atoms with Gasteiger partial charge in [-0.1, -0.05) is 20.3 Å². The van der Waals surface area contributed by atoms with Crippen LogP contribution in [0.25, 0.3) is 10.9 Å². The minimum Gasteiger partial charge on any atom is -0.424 e. The van der Waals surface area contributed by atoms with Gasteiger partial charge in [-0.2, -0.15) is 18.2 Å². The Labute approximate surface area is 155 Å². The van der Waals surface area contributed by atoms with Crippen LogP contribution in [0, 0.1) is 11.3 Å². The Morgan fingerprint density at radius 2 is 2.15 bits per heavy atom. The van der Waals surface area contributed by atoms with Crippen molar-refractivity contribution < 1.29 is 17.9 Å². The van der Waals surface area contributed by atoms with Gasteiger partial charge in [0.2, 0.25) is 0 Å². The summed E-state index contributed by atoms with van der Waals surface area (Å²) in [6.45, 7) is 5.47. The molecule has 0 aliphatic heterocycles. The molecule has 2 aromatic rings. The van der Waals surface area contributed by atoms with Crippen LogP contribution in [0.3, 0.4) is 0 Å². The summed E-state index contributed by atoms with van der Waals surface area (Å²) in [5.41, 5.74) is 0.152. The lowest BCUT2D eigenvalue weighted by atomic mass is 10.0. The molecule has 27 heavy (non-hydrogen) atoms. The van der Waals surface area contributed by atoms with Gasteiger partial charge in [0, 0.05) is 12.6 Å². The van der Waals surface area contributed by atoms with Crippen LogP contribution < -0.4 is 10.3 Å². The molecule has 0 fully saturated rings. The summed E-state index contributed by atoms with van der Waals surface area (Å²) in [6.07, 6.45) is 2.13. The zero-order chi connectivity index (χ0) is 20.4. The second kappa shape index (κ2) is 10.4. The van der Waals surface area contributed by atoms with Crippen molar-refractivity contribution in [3.05, 3.63) is 40.6 Å². The van der Waals surface area contributed by atoms with E-state index in [1.165, 1.54) is 12.4 Å². The lowest BCUT2D eigenvalue weighted by molar-refractivity contribution is -0.137. The zero-order valence-corrected chi connectivity index (χ0v) is 15.4. The van der Waals surface area contributed by atoms with E-state index in [0.717, 1.165) is 12.6 Å². The summed E-state index contributed by atoms with van der Waals surface area (Å²) in [7, 11) is 0. The molecule has 1 unspecified atom stereocenters. The number of H-pyrrole nitrogens is 1. The van der Waals surface area contributed by atoms with E-state index in [1.54, 1.807) is 19.1 Å². The Kier molecular flexibility index (Phi) is 8.64. The average Bonchev–Trinajstić information content (AvgIpc) is 2.64. The summed E-state index contributed by atoms with van der Waals surface area (Å²) in [6, 6.07) is 1.63. The zero-order valence-electron chi connectivity index (χ0n) is 15.4. The van der Waals surface area contributed by atoms with Gasteiger partial charge in [-0.05, 0) is 31.4 Å². The van der Waals surface area contributed by atoms with Gasteiger partial charge in [0.25, 0.3) is 5.56 Å². The molecule has 0 saturated heterocycles. The molecule has 0 spiro atoms. The second-order valence-electron chi connectivity index (χ2n) is 5.87. The van der Waals surface area contributed by atoms with Crippen LogP contribution in [0.1, 0.15) is 40.0 Å². The van der Waals surface area contributed by atoms with E-state index < -0.39 is 12.6 Å². The second-order valence-corrected chi connectivity index (χ2v) is 5.87. The molecule has 0 aromatic carbocycles. The number of nitrogens with one attached hydrogen (secondary N) is 2. The first-order chi connectivity index (χ1) is 12.7. The molecular weight excluding hydrogens is 361 g/mol. The number of fused-ring (bicyclic) bond motifs is 1. The smallest absolute Gasteiger partial charge is 0.389 e. The maximum atomic E-state index is 11.7. The average molecular weight is 384 g/mol.